The molecule has 0 unspecified atom stereocenters. The van der Waals surface area contributed by atoms with Crippen LogP contribution in [0.5, 0.6) is 0 Å². The number of rotatable bonds is 3. The number of thiophene rings is 1. The second kappa shape index (κ2) is 7.17. The van der Waals surface area contributed by atoms with E-state index < -0.39 is 0 Å². The standard InChI is InChI=1S/C14H14BrN3O2S2/c1-7-8(2)22-12(11(7)13(19)20-3)18-14(21)17-10-5-4-9(15)6-16-10/h4-6H,1-3H3,(H2,16,17,18,21). The Morgan fingerprint density at radius 1 is 1.36 bits per heavy atom. The molecule has 0 aliphatic heterocycles. The van der Waals surface area contributed by atoms with Crippen molar-refractivity contribution >= 4 is 61.4 Å². The third kappa shape index (κ3) is 3.82. The summed E-state index contributed by atoms with van der Waals surface area (Å²) in [5, 5.41) is 7.04. The molecule has 8 heteroatoms. The van der Waals surface area contributed by atoms with Crippen molar-refractivity contribution in [3.8, 4) is 0 Å². The van der Waals surface area contributed by atoms with Gasteiger partial charge in [-0.3, -0.25) is 0 Å². The van der Waals surface area contributed by atoms with Crippen LogP contribution in [0.15, 0.2) is 22.8 Å². The summed E-state index contributed by atoms with van der Waals surface area (Å²) >= 11 is 10.0. The Bertz CT molecular complexity index is 714. The molecule has 0 atom stereocenters. The summed E-state index contributed by atoms with van der Waals surface area (Å²) in [5.41, 5.74) is 1.40. The molecule has 0 radical (unpaired) electrons. The summed E-state index contributed by atoms with van der Waals surface area (Å²) in [6.45, 7) is 3.83. The molecule has 2 aromatic rings. The van der Waals surface area contributed by atoms with Gasteiger partial charge in [-0.2, -0.15) is 0 Å². The van der Waals surface area contributed by atoms with E-state index in [0.29, 0.717) is 21.5 Å². The van der Waals surface area contributed by atoms with E-state index in [4.69, 9.17) is 17.0 Å². The number of ether oxygens (including phenoxy) is 1. The number of esters is 1. The highest BCUT2D eigenvalue weighted by Crippen LogP contribution is 2.33. The predicted octanol–water partition coefficient (Wildman–Crippen LogP) is 4.12. The fraction of sp³-hybridized carbons (Fsp3) is 0.214. The fourth-order valence-corrected chi connectivity index (χ4v) is 3.32. The van der Waals surface area contributed by atoms with Gasteiger partial charge < -0.3 is 15.4 Å². The van der Waals surface area contributed by atoms with Crippen molar-refractivity contribution in [1.29, 1.82) is 0 Å². The monoisotopic (exact) mass is 399 g/mol. The number of anilines is 2. The third-order valence-corrected chi connectivity index (χ3v) is 4.77. The number of methoxy groups -OCH3 is 1. The van der Waals surface area contributed by atoms with E-state index in [2.05, 4.69) is 31.5 Å². The minimum absolute atomic E-state index is 0.362. The van der Waals surface area contributed by atoms with Crippen LogP contribution in [0.1, 0.15) is 20.8 Å². The first-order valence-corrected chi connectivity index (χ1v) is 8.32. The van der Waals surface area contributed by atoms with Gasteiger partial charge in [0.25, 0.3) is 0 Å². The molecule has 0 saturated heterocycles. The first-order chi connectivity index (χ1) is 10.4. The highest BCUT2D eigenvalue weighted by molar-refractivity contribution is 9.10. The van der Waals surface area contributed by atoms with E-state index >= 15 is 0 Å². The molecule has 2 aromatic heterocycles. The number of aromatic nitrogens is 1. The van der Waals surface area contributed by atoms with Gasteiger partial charge in [-0.1, -0.05) is 0 Å². The molecule has 0 amide bonds. The SMILES string of the molecule is COC(=O)c1c(NC(=S)Nc2ccc(Br)cn2)sc(C)c1C. The van der Waals surface area contributed by atoms with Crippen LogP contribution < -0.4 is 10.6 Å². The maximum absolute atomic E-state index is 11.9. The Kier molecular flexibility index (Phi) is 5.49. The third-order valence-electron chi connectivity index (χ3n) is 2.97. The molecule has 0 aliphatic rings. The second-order valence-corrected chi connectivity index (χ2v) is 6.97. The smallest absolute Gasteiger partial charge is 0.341 e. The van der Waals surface area contributed by atoms with Gasteiger partial charge in [-0.15, -0.1) is 11.3 Å². The van der Waals surface area contributed by atoms with Crippen LogP contribution in [0.4, 0.5) is 10.8 Å². The van der Waals surface area contributed by atoms with Crippen molar-refractivity contribution in [3.05, 3.63) is 38.8 Å². The quantitative estimate of drug-likeness (QED) is 0.597. The number of carbonyl (C=O) groups is 1. The number of halogens is 1. The van der Waals surface area contributed by atoms with E-state index in [9.17, 15) is 4.79 Å². The largest absolute Gasteiger partial charge is 0.465 e. The number of nitrogens with one attached hydrogen (secondary N) is 2. The average Bonchev–Trinajstić information content (AvgIpc) is 2.75. The summed E-state index contributed by atoms with van der Waals surface area (Å²) < 4.78 is 5.71. The minimum atomic E-state index is -0.381. The summed E-state index contributed by atoms with van der Waals surface area (Å²) in [6.07, 6.45) is 1.67. The van der Waals surface area contributed by atoms with E-state index in [1.54, 1.807) is 12.3 Å². The first-order valence-electron chi connectivity index (χ1n) is 6.30. The fourth-order valence-electron chi connectivity index (χ4n) is 1.76. The molecule has 0 spiro atoms. The molecule has 2 N–H and O–H groups in total. The maximum Gasteiger partial charge on any atom is 0.341 e. The van der Waals surface area contributed by atoms with E-state index in [0.717, 1.165) is 14.9 Å². The van der Waals surface area contributed by atoms with Gasteiger partial charge in [-0.25, -0.2) is 9.78 Å². The number of aryl methyl sites for hydroxylation is 1. The van der Waals surface area contributed by atoms with Crippen LogP contribution in [0, 0.1) is 13.8 Å². The minimum Gasteiger partial charge on any atom is -0.465 e. The van der Waals surface area contributed by atoms with Crippen LogP contribution >= 0.6 is 39.5 Å². The Hall–Kier alpha value is -1.51. The molecule has 0 aliphatic carbocycles. The predicted molar refractivity (Wildman–Crippen MR) is 96.9 cm³/mol. The van der Waals surface area contributed by atoms with Gasteiger partial charge in [0.2, 0.25) is 0 Å². The molecule has 0 fully saturated rings. The van der Waals surface area contributed by atoms with Crippen LogP contribution in [0.2, 0.25) is 0 Å². The van der Waals surface area contributed by atoms with E-state index in [-0.39, 0.29) is 5.97 Å². The number of carbonyl (C=O) groups excluding carboxylic acids is 1. The summed E-state index contributed by atoms with van der Waals surface area (Å²) in [4.78, 5) is 17.1. The van der Waals surface area contributed by atoms with Gasteiger partial charge in [0.1, 0.15) is 10.8 Å². The molecule has 5 nitrogen and oxygen atoms in total. The zero-order chi connectivity index (χ0) is 16.3. The maximum atomic E-state index is 11.9. The molecule has 0 saturated carbocycles. The molecule has 0 aromatic carbocycles. The molecular weight excluding hydrogens is 386 g/mol. The lowest BCUT2D eigenvalue weighted by atomic mass is 10.1. The molecular formula is C14H14BrN3O2S2. The lowest BCUT2D eigenvalue weighted by Crippen LogP contribution is -2.20. The van der Waals surface area contributed by atoms with Crippen LogP contribution in [0.25, 0.3) is 0 Å². The molecule has 0 bridgehead atoms. The number of nitrogens with zero attached hydrogens (tertiary/aromatic N) is 1. The van der Waals surface area contributed by atoms with Gasteiger partial charge in [0, 0.05) is 15.5 Å². The number of pyridine rings is 1. The van der Waals surface area contributed by atoms with Crippen LogP contribution in [-0.2, 0) is 4.74 Å². The Morgan fingerprint density at radius 2 is 2.09 bits per heavy atom. The number of hydrogen-bond donors (Lipinski definition) is 2. The number of hydrogen-bond acceptors (Lipinski definition) is 5. The molecule has 22 heavy (non-hydrogen) atoms. The zero-order valence-corrected chi connectivity index (χ0v) is 15.4. The van der Waals surface area contributed by atoms with Crippen molar-refractivity contribution < 1.29 is 9.53 Å². The van der Waals surface area contributed by atoms with Crippen molar-refractivity contribution in [3.63, 3.8) is 0 Å². The lowest BCUT2D eigenvalue weighted by molar-refractivity contribution is 0.0601. The Morgan fingerprint density at radius 3 is 2.68 bits per heavy atom. The Balaban J connectivity index is 2.16. The van der Waals surface area contributed by atoms with Crippen LogP contribution in [0.3, 0.4) is 0 Å². The van der Waals surface area contributed by atoms with E-state index in [1.165, 1.54) is 18.4 Å². The summed E-state index contributed by atoms with van der Waals surface area (Å²) in [5.74, 6) is 0.235. The Labute approximate surface area is 146 Å². The van der Waals surface area contributed by atoms with Crippen molar-refractivity contribution in [2.75, 3.05) is 17.7 Å². The molecule has 116 valence electrons. The second-order valence-electron chi connectivity index (χ2n) is 4.42. The van der Waals surface area contributed by atoms with Gasteiger partial charge in [0.15, 0.2) is 5.11 Å². The van der Waals surface area contributed by atoms with Gasteiger partial charge in [0.05, 0.1) is 12.7 Å². The van der Waals surface area contributed by atoms with Gasteiger partial charge >= 0.3 is 5.97 Å². The molecule has 2 rings (SSSR count). The topological polar surface area (TPSA) is 63.2 Å². The molecule has 2 heterocycles. The van der Waals surface area contributed by atoms with Crippen molar-refractivity contribution in [2.24, 2.45) is 0 Å². The zero-order valence-electron chi connectivity index (χ0n) is 12.2. The summed E-state index contributed by atoms with van der Waals surface area (Å²) in [7, 11) is 1.36. The highest BCUT2D eigenvalue weighted by Gasteiger charge is 2.20. The average molecular weight is 400 g/mol. The highest BCUT2D eigenvalue weighted by atomic mass is 79.9. The normalized spacial score (nSPS) is 10.2. The summed E-state index contributed by atoms with van der Waals surface area (Å²) in [6, 6.07) is 3.65. The lowest BCUT2D eigenvalue weighted by Gasteiger charge is -2.10. The number of thiocarbonyl (C=S) groups is 1. The van der Waals surface area contributed by atoms with Crippen molar-refractivity contribution in [2.45, 2.75) is 13.8 Å². The van der Waals surface area contributed by atoms with Crippen LogP contribution in [-0.4, -0.2) is 23.2 Å². The first kappa shape index (κ1) is 16.9. The van der Waals surface area contributed by atoms with E-state index in [1.807, 2.05) is 19.9 Å². The van der Waals surface area contributed by atoms with Crippen molar-refractivity contribution in [1.82, 2.24) is 4.98 Å². The van der Waals surface area contributed by atoms with Gasteiger partial charge in [-0.05, 0) is 59.7 Å².